The third kappa shape index (κ3) is 3.84. The molecule has 1 saturated carbocycles. The number of hydrogen-bond donors (Lipinski definition) is 2. The maximum absolute atomic E-state index is 12.9. The van der Waals surface area contributed by atoms with Crippen LogP contribution in [0, 0.1) is 16.7 Å². The Morgan fingerprint density at radius 2 is 1.89 bits per heavy atom. The molecule has 3 atom stereocenters. The molecular formula is C20H34N2O5. The summed E-state index contributed by atoms with van der Waals surface area (Å²) in [4.78, 5) is 39.3. The van der Waals surface area contributed by atoms with Crippen LogP contribution < -0.4 is 5.32 Å². The lowest BCUT2D eigenvalue weighted by Gasteiger charge is -2.58. The minimum absolute atomic E-state index is 0.0216. The summed E-state index contributed by atoms with van der Waals surface area (Å²) >= 11 is 0. The maximum atomic E-state index is 12.9. The lowest BCUT2D eigenvalue weighted by atomic mass is 9.54. The van der Waals surface area contributed by atoms with Crippen molar-refractivity contribution in [2.24, 2.45) is 16.7 Å². The summed E-state index contributed by atoms with van der Waals surface area (Å²) in [5.74, 6) is -1.68. The third-order valence-corrected chi connectivity index (χ3v) is 6.19. The number of likely N-dealkylation sites (tertiary alicyclic amines) is 1. The first kappa shape index (κ1) is 21.7. The molecule has 0 bridgehead atoms. The fourth-order valence-electron chi connectivity index (χ4n) is 4.20. The second-order valence-corrected chi connectivity index (χ2v) is 9.41. The Morgan fingerprint density at radius 1 is 1.26 bits per heavy atom. The molecule has 27 heavy (non-hydrogen) atoms. The number of aliphatic carboxylic acids is 1. The summed E-state index contributed by atoms with van der Waals surface area (Å²) < 4.78 is 5.64. The van der Waals surface area contributed by atoms with Gasteiger partial charge in [0.15, 0.2) is 0 Å². The zero-order valence-electron chi connectivity index (χ0n) is 17.4. The van der Waals surface area contributed by atoms with E-state index in [1.165, 1.54) is 0 Å². The predicted molar refractivity (Wildman–Crippen MR) is 101 cm³/mol. The van der Waals surface area contributed by atoms with Gasteiger partial charge in [-0.2, -0.15) is 0 Å². The van der Waals surface area contributed by atoms with E-state index in [4.69, 9.17) is 4.74 Å². The van der Waals surface area contributed by atoms with Crippen molar-refractivity contribution in [2.75, 3.05) is 19.7 Å². The van der Waals surface area contributed by atoms with Gasteiger partial charge in [-0.3, -0.25) is 9.59 Å². The van der Waals surface area contributed by atoms with Crippen LogP contribution in [0.2, 0.25) is 0 Å². The molecule has 0 aromatic heterocycles. The SMILES string of the molecule is CCOC1CC(NC(=O)C2CCCN(C(=O)C(C)(C)C)C2)(C(=O)O)C1(C)C. The number of carboxylic acids is 1. The van der Waals surface area contributed by atoms with E-state index in [0.29, 0.717) is 26.1 Å². The minimum Gasteiger partial charge on any atom is -0.479 e. The normalized spacial score (nSPS) is 30.4. The van der Waals surface area contributed by atoms with Gasteiger partial charge in [-0.05, 0) is 19.8 Å². The summed E-state index contributed by atoms with van der Waals surface area (Å²) in [5.41, 5.74) is -2.54. The van der Waals surface area contributed by atoms with Crippen molar-refractivity contribution in [2.45, 2.75) is 72.4 Å². The van der Waals surface area contributed by atoms with E-state index in [1.807, 2.05) is 41.5 Å². The van der Waals surface area contributed by atoms with Gasteiger partial charge in [0, 0.05) is 36.9 Å². The summed E-state index contributed by atoms with van der Waals surface area (Å²) in [6.45, 7) is 12.6. The predicted octanol–water partition coefficient (Wildman–Crippen LogP) is 2.05. The molecule has 0 aromatic rings. The number of nitrogens with zero attached hydrogens (tertiary/aromatic N) is 1. The summed E-state index contributed by atoms with van der Waals surface area (Å²) in [5, 5.41) is 12.7. The molecule has 0 radical (unpaired) electrons. The number of piperidine rings is 1. The van der Waals surface area contributed by atoms with Gasteiger partial charge in [-0.25, -0.2) is 4.79 Å². The average Bonchev–Trinajstić information content (AvgIpc) is 2.58. The number of rotatable bonds is 5. The molecule has 2 rings (SSSR count). The molecule has 1 aliphatic carbocycles. The highest BCUT2D eigenvalue weighted by atomic mass is 16.5. The highest BCUT2D eigenvalue weighted by Crippen LogP contribution is 2.51. The monoisotopic (exact) mass is 382 g/mol. The quantitative estimate of drug-likeness (QED) is 0.759. The van der Waals surface area contributed by atoms with Crippen LogP contribution in [0.1, 0.15) is 60.8 Å². The van der Waals surface area contributed by atoms with E-state index in [1.54, 1.807) is 4.90 Å². The number of carboxylic acid groups (broad SMARTS) is 1. The lowest BCUT2D eigenvalue weighted by molar-refractivity contribution is -0.195. The third-order valence-electron chi connectivity index (χ3n) is 6.19. The van der Waals surface area contributed by atoms with Gasteiger partial charge >= 0.3 is 5.97 Å². The maximum Gasteiger partial charge on any atom is 0.330 e. The Hall–Kier alpha value is -1.63. The van der Waals surface area contributed by atoms with Crippen LogP contribution in [-0.4, -0.2) is 59.1 Å². The van der Waals surface area contributed by atoms with E-state index in [9.17, 15) is 19.5 Å². The first-order valence-corrected chi connectivity index (χ1v) is 9.83. The molecule has 3 unspecified atom stereocenters. The van der Waals surface area contributed by atoms with Crippen LogP contribution in [0.15, 0.2) is 0 Å². The van der Waals surface area contributed by atoms with Crippen LogP contribution in [0.5, 0.6) is 0 Å². The molecule has 0 spiro atoms. The van der Waals surface area contributed by atoms with Crippen LogP contribution in [0.4, 0.5) is 0 Å². The van der Waals surface area contributed by atoms with Crippen molar-refractivity contribution >= 4 is 17.8 Å². The highest BCUT2D eigenvalue weighted by Gasteiger charge is 2.66. The Balaban J connectivity index is 2.11. The van der Waals surface area contributed by atoms with Gasteiger partial charge in [0.05, 0.1) is 12.0 Å². The van der Waals surface area contributed by atoms with Crippen molar-refractivity contribution in [1.82, 2.24) is 10.2 Å². The molecule has 2 aliphatic rings. The van der Waals surface area contributed by atoms with Gasteiger partial charge in [0.1, 0.15) is 5.54 Å². The van der Waals surface area contributed by atoms with Gasteiger partial charge in [-0.15, -0.1) is 0 Å². The molecule has 2 N–H and O–H groups in total. The minimum atomic E-state index is -1.33. The molecule has 154 valence electrons. The fraction of sp³-hybridized carbons (Fsp3) is 0.850. The van der Waals surface area contributed by atoms with Crippen LogP contribution >= 0.6 is 0 Å². The first-order valence-electron chi connectivity index (χ1n) is 9.83. The molecule has 1 saturated heterocycles. The summed E-state index contributed by atoms with van der Waals surface area (Å²) in [6, 6.07) is 0. The standard InChI is InChI=1S/C20H34N2O5/c1-7-27-14-11-20(17(25)26,19(14,5)6)21-15(23)13-9-8-10-22(12-13)16(24)18(2,3)4/h13-14H,7-12H2,1-6H3,(H,21,23)(H,25,26). The van der Waals surface area contributed by atoms with Crippen LogP contribution in [0.3, 0.4) is 0 Å². The van der Waals surface area contributed by atoms with Crippen molar-refractivity contribution in [3.05, 3.63) is 0 Å². The van der Waals surface area contributed by atoms with Gasteiger partial charge < -0.3 is 20.1 Å². The van der Waals surface area contributed by atoms with Crippen LogP contribution in [-0.2, 0) is 19.1 Å². The van der Waals surface area contributed by atoms with Crippen LogP contribution in [0.25, 0.3) is 0 Å². The number of carbonyl (C=O) groups is 3. The molecule has 2 fully saturated rings. The average molecular weight is 383 g/mol. The molecule has 7 nitrogen and oxygen atoms in total. The molecular weight excluding hydrogens is 348 g/mol. The Kier molecular flexibility index (Phi) is 5.95. The lowest BCUT2D eigenvalue weighted by Crippen LogP contribution is -2.76. The van der Waals surface area contributed by atoms with Crippen molar-refractivity contribution < 1.29 is 24.2 Å². The zero-order valence-corrected chi connectivity index (χ0v) is 17.4. The van der Waals surface area contributed by atoms with Crippen molar-refractivity contribution in [3.8, 4) is 0 Å². The Morgan fingerprint density at radius 3 is 2.37 bits per heavy atom. The zero-order chi connectivity index (χ0) is 20.6. The number of nitrogens with one attached hydrogen (secondary N) is 1. The van der Waals surface area contributed by atoms with E-state index in [-0.39, 0.29) is 30.3 Å². The van der Waals surface area contributed by atoms with Gasteiger partial charge in [0.2, 0.25) is 11.8 Å². The smallest absolute Gasteiger partial charge is 0.330 e. The van der Waals surface area contributed by atoms with E-state index >= 15 is 0 Å². The second-order valence-electron chi connectivity index (χ2n) is 9.41. The topological polar surface area (TPSA) is 95.9 Å². The number of carbonyl (C=O) groups excluding carboxylic acids is 2. The van der Waals surface area contributed by atoms with E-state index in [2.05, 4.69) is 5.32 Å². The summed E-state index contributed by atoms with van der Waals surface area (Å²) in [7, 11) is 0. The molecule has 1 aliphatic heterocycles. The molecule has 7 heteroatoms. The van der Waals surface area contributed by atoms with Crippen molar-refractivity contribution in [3.63, 3.8) is 0 Å². The number of hydrogen-bond acceptors (Lipinski definition) is 4. The number of ether oxygens (including phenoxy) is 1. The first-order chi connectivity index (χ1) is 12.4. The molecule has 0 aromatic carbocycles. The van der Waals surface area contributed by atoms with E-state index < -0.39 is 22.3 Å². The molecule has 1 heterocycles. The summed E-state index contributed by atoms with van der Waals surface area (Å²) in [6.07, 6.45) is 1.45. The number of amides is 2. The largest absolute Gasteiger partial charge is 0.479 e. The molecule has 2 amide bonds. The van der Waals surface area contributed by atoms with E-state index in [0.717, 1.165) is 6.42 Å². The van der Waals surface area contributed by atoms with Crippen molar-refractivity contribution in [1.29, 1.82) is 0 Å². The van der Waals surface area contributed by atoms with Gasteiger partial charge in [-0.1, -0.05) is 34.6 Å². The Bertz CT molecular complexity index is 610. The second kappa shape index (κ2) is 7.41. The highest BCUT2D eigenvalue weighted by molar-refractivity contribution is 5.91. The van der Waals surface area contributed by atoms with Gasteiger partial charge in [0.25, 0.3) is 0 Å². The fourth-order valence-corrected chi connectivity index (χ4v) is 4.20. The Labute approximate surface area is 161 Å².